The van der Waals surface area contributed by atoms with E-state index in [0.29, 0.717) is 29.6 Å². The number of amides is 1. The Morgan fingerprint density at radius 1 is 1.28 bits per heavy atom. The molecule has 3 rings (SSSR count). The van der Waals surface area contributed by atoms with E-state index in [1.165, 1.54) is 19.2 Å². The Labute approximate surface area is 229 Å². The number of carbonyl (C=O) groups is 1. The lowest BCUT2D eigenvalue weighted by Crippen LogP contribution is -2.42. The van der Waals surface area contributed by atoms with E-state index in [1.54, 1.807) is 20.8 Å². The van der Waals surface area contributed by atoms with Crippen molar-refractivity contribution in [1.82, 2.24) is 14.8 Å². The van der Waals surface area contributed by atoms with Gasteiger partial charge in [-0.05, 0) is 77.1 Å². The third-order valence-electron chi connectivity index (χ3n) is 7.24. The van der Waals surface area contributed by atoms with Crippen molar-refractivity contribution in [2.75, 3.05) is 16.2 Å². The highest BCUT2D eigenvalue weighted by Gasteiger charge is 2.40. The van der Waals surface area contributed by atoms with Crippen LogP contribution in [0.15, 0.2) is 23.4 Å². The van der Waals surface area contributed by atoms with Crippen LogP contribution in [0.2, 0.25) is 18.1 Å². The van der Waals surface area contributed by atoms with E-state index in [-0.39, 0.29) is 39.5 Å². The monoisotopic (exact) mass is 587 g/mol. The third-order valence-corrected chi connectivity index (χ3v) is 12.7. The fourth-order valence-corrected chi connectivity index (χ4v) is 6.72. The quantitative estimate of drug-likeness (QED) is 0.393. The number of hydrogen-bond donors (Lipinski definition) is 2. The molecule has 0 bridgehead atoms. The van der Waals surface area contributed by atoms with Crippen LogP contribution < -0.4 is 9.62 Å². The number of nitrogens with one attached hydrogen (secondary N) is 1. The van der Waals surface area contributed by atoms with Gasteiger partial charge in [-0.25, -0.2) is 17.9 Å². The molecule has 0 spiro atoms. The van der Waals surface area contributed by atoms with E-state index in [0.717, 1.165) is 10.5 Å². The third kappa shape index (κ3) is 7.14. The number of aromatic nitrogens is 3. The van der Waals surface area contributed by atoms with Crippen molar-refractivity contribution in [1.29, 1.82) is 0 Å². The first-order valence-electron chi connectivity index (χ1n) is 12.8. The van der Waals surface area contributed by atoms with E-state index < -0.39 is 36.6 Å². The number of rotatable bonds is 8. The van der Waals surface area contributed by atoms with Gasteiger partial charge in [-0.1, -0.05) is 13.8 Å². The number of halogens is 2. The van der Waals surface area contributed by atoms with Crippen LogP contribution in [0, 0.1) is 12.8 Å². The second-order valence-electron chi connectivity index (χ2n) is 12.2. The molecule has 2 aromatic rings. The molecule has 1 amide bonds. The number of ether oxygens (including phenoxy) is 1. The van der Waals surface area contributed by atoms with Gasteiger partial charge in [0.05, 0.1) is 35.2 Å². The molecule has 0 saturated carbocycles. The zero-order chi connectivity index (χ0) is 29.6. The highest BCUT2D eigenvalue weighted by atomic mass is 32.2. The van der Waals surface area contributed by atoms with Crippen molar-refractivity contribution in [2.24, 2.45) is 5.92 Å². The van der Waals surface area contributed by atoms with Gasteiger partial charge in [-0.2, -0.15) is 13.9 Å². The van der Waals surface area contributed by atoms with Crippen molar-refractivity contribution >= 4 is 35.8 Å². The van der Waals surface area contributed by atoms with Crippen LogP contribution in [0.25, 0.3) is 0 Å². The maximum absolute atomic E-state index is 13.9. The van der Waals surface area contributed by atoms with Crippen LogP contribution in [0.3, 0.4) is 0 Å². The number of alkyl halides is 2. The SMILES string of the molecule is Cc1nn(C(F)F)cc1S(=O)(=O)N1C[C@H](CCC(C)(C)[Si](C)(C)O)Cc2ncc(NC(=O)OC(C)(C)C)cc21. The lowest BCUT2D eigenvalue weighted by atomic mass is 9.90. The maximum atomic E-state index is 13.9. The molecular formula is C25H39F2N5O5SSi. The predicted octanol–water partition coefficient (Wildman–Crippen LogP) is 5.45. The molecule has 2 N–H and O–H groups in total. The summed E-state index contributed by atoms with van der Waals surface area (Å²) in [6.07, 6.45) is 3.33. The average Bonchev–Trinajstić information content (AvgIpc) is 3.18. The first-order chi connectivity index (χ1) is 17.7. The summed E-state index contributed by atoms with van der Waals surface area (Å²) in [5.74, 6) is -0.134. The number of aryl methyl sites for hydroxylation is 1. The number of anilines is 2. The van der Waals surface area contributed by atoms with Gasteiger partial charge in [0.1, 0.15) is 10.5 Å². The minimum Gasteiger partial charge on any atom is -0.444 e. The summed E-state index contributed by atoms with van der Waals surface area (Å²) in [5, 5.41) is 5.96. The van der Waals surface area contributed by atoms with Crippen molar-refractivity contribution in [2.45, 2.75) is 96.0 Å². The number of carbonyl (C=O) groups excluding carboxylic acids is 1. The number of sulfonamides is 1. The Morgan fingerprint density at radius 2 is 1.92 bits per heavy atom. The fraction of sp³-hybridized carbons (Fsp3) is 0.640. The maximum Gasteiger partial charge on any atom is 0.412 e. The second kappa shape index (κ2) is 10.8. The van der Waals surface area contributed by atoms with E-state index in [4.69, 9.17) is 4.74 Å². The summed E-state index contributed by atoms with van der Waals surface area (Å²) >= 11 is 0. The molecule has 0 aromatic carbocycles. The Kier molecular flexibility index (Phi) is 8.55. The summed E-state index contributed by atoms with van der Waals surface area (Å²) in [7, 11) is -6.80. The highest BCUT2D eigenvalue weighted by Crippen LogP contribution is 2.43. The molecule has 2 aromatic heterocycles. The molecule has 1 aliphatic rings. The summed E-state index contributed by atoms with van der Waals surface area (Å²) in [6, 6.07) is 1.50. The van der Waals surface area contributed by atoms with Crippen molar-refractivity contribution < 1.29 is 31.5 Å². The topological polar surface area (TPSA) is 127 Å². The molecule has 1 aliphatic heterocycles. The number of hydrogen-bond acceptors (Lipinski definition) is 7. The van der Waals surface area contributed by atoms with Gasteiger partial charge in [0, 0.05) is 6.54 Å². The highest BCUT2D eigenvalue weighted by molar-refractivity contribution is 7.92. The molecular weight excluding hydrogens is 548 g/mol. The Bertz CT molecular complexity index is 1320. The molecule has 1 atom stereocenters. The molecule has 0 radical (unpaired) electrons. The van der Waals surface area contributed by atoms with Crippen LogP contribution in [0.5, 0.6) is 0 Å². The van der Waals surface area contributed by atoms with Crippen molar-refractivity contribution in [3.05, 3.63) is 29.8 Å². The first kappa shape index (κ1) is 31.0. The Hall–Kier alpha value is -2.58. The minimum atomic E-state index is -4.32. The van der Waals surface area contributed by atoms with Crippen LogP contribution in [0.1, 0.15) is 65.4 Å². The number of nitrogens with zero attached hydrogens (tertiary/aromatic N) is 4. The van der Waals surface area contributed by atoms with Gasteiger partial charge >= 0.3 is 12.6 Å². The minimum absolute atomic E-state index is 0.0517. The summed E-state index contributed by atoms with van der Waals surface area (Å²) < 4.78 is 61.2. The summed E-state index contributed by atoms with van der Waals surface area (Å²) in [6.45, 7) is 11.4. The van der Waals surface area contributed by atoms with Crippen molar-refractivity contribution in [3.8, 4) is 0 Å². The number of pyridine rings is 1. The van der Waals surface area contributed by atoms with Gasteiger partial charge in [0.2, 0.25) is 0 Å². The van der Waals surface area contributed by atoms with Crippen LogP contribution in [-0.4, -0.2) is 54.5 Å². The van der Waals surface area contributed by atoms with Gasteiger partial charge in [0.25, 0.3) is 10.0 Å². The van der Waals surface area contributed by atoms with Gasteiger partial charge in [-0.15, -0.1) is 0 Å². The lowest BCUT2D eigenvalue weighted by molar-refractivity contribution is 0.0560. The fourth-order valence-electron chi connectivity index (χ4n) is 4.24. The van der Waals surface area contributed by atoms with Crippen LogP contribution >= 0.6 is 0 Å². The van der Waals surface area contributed by atoms with Gasteiger partial charge < -0.3 is 9.53 Å². The van der Waals surface area contributed by atoms with E-state index in [1.807, 2.05) is 26.9 Å². The summed E-state index contributed by atoms with van der Waals surface area (Å²) in [5.41, 5.74) is 0.193. The molecule has 218 valence electrons. The van der Waals surface area contributed by atoms with Crippen LogP contribution in [-0.2, 0) is 21.2 Å². The molecule has 0 aliphatic carbocycles. The number of fused-ring (bicyclic) bond motifs is 1. The smallest absolute Gasteiger partial charge is 0.412 e. The normalized spacial score (nSPS) is 16.8. The van der Waals surface area contributed by atoms with Crippen molar-refractivity contribution in [3.63, 3.8) is 0 Å². The van der Waals surface area contributed by atoms with Gasteiger partial charge in [0.15, 0.2) is 8.32 Å². The average molecular weight is 588 g/mol. The van der Waals surface area contributed by atoms with Gasteiger partial charge in [-0.3, -0.25) is 14.6 Å². The molecule has 39 heavy (non-hydrogen) atoms. The zero-order valence-corrected chi connectivity index (χ0v) is 25.6. The Balaban J connectivity index is 2.01. The molecule has 0 saturated heterocycles. The van der Waals surface area contributed by atoms with E-state index >= 15 is 0 Å². The molecule has 3 heterocycles. The summed E-state index contributed by atoms with van der Waals surface area (Å²) in [4.78, 5) is 27.2. The largest absolute Gasteiger partial charge is 0.444 e. The Morgan fingerprint density at radius 3 is 2.46 bits per heavy atom. The van der Waals surface area contributed by atoms with E-state index in [2.05, 4.69) is 15.4 Å². The standard InChI is InChI=1S/C25H39F2N5O5SSi/c1-16-21(15-31(30-16)22(26)27)38(34,35)32-14-17(9-10-25(5,6)39(7,8)36)11-19-20(32)12-18(13-28-19)29-23(33)37-24(2,3)4/h12-13,15,17,22,36H,9-11,14H2,1-8H3,(H,29,33)/t17-/m1/s1. The first-order valence-corrected chi connectivity index (χ1v) is 17.2. The zero-order valence-electron chi connectivity index (χ0n) is 23.7. The van der Waals surface area contributed by atoms with Crippen LogP contribution in [0.4, 0.5) is 25.0 Å². The molecule has 10 nitrogen and oxygen atoms in total. The molecule has 14 heteroatoms. The molecule has 0 fully saturated rings. The second-order valence-corrected chi connectivity index (χ2v) is 18.5. The predicted molar refractivity (Wildman–Crippen MR) is 147 cm³/mol. The van der Waals surface area contributed by atoms with E-state index in [9.17, 15) is 26.8 Å². The molecule has 0 unspecified atom stereocenters. The lowest BCUT2D eigenvalue weighted by Gasteiger charge is -2.39.